The summed E-state index contributed by atoms with van der Waals surface area (Å²) in [4.78, 5) is 25.4. The van der Waals surface area contributed by atoms with Gasteiger partial charge in [0.05, 0.1) is 17.1 Å². The van der Waals surface area contributed by atoms with Crippen LogP contribution in [0.5, 0.6) is 11.8 Å². The normalized spacial score (nSPS) is 12.0. The number of hydrogen-bond acceptors (Lipinski definition) is 5. The number of H-pyrrole nitrogens is 1. The molecule has 0 bridgehead atoms. The summed E-state index contributed by atoms with van der Waals surface area (Å²) < 4.78 is 5.83. The number of anilines is 2. The quantitative estimate of drug-likeness (QED) is 0.438. The first-order valence-corrected chi connectivity index (χ1v) is 10.4. The highest BCUT2D eigenvalue weighted by atomic mass is 16.5. The lowest BCUT2D eigenvalue weighted by Gasteiger charge is -2.23. The molecule has 6 heteroatoms. The van der Waals surface area contributed by atoms with E-state index in [1.807, 2.05) is 25.1 Å². The van der Waals surface area contributed by atoms with Crippen molar-refractivity contribution in [3.63, 3.8) is 0 Å². The fourth-order valence-electron chi connectivity index (χ4n) is 3.60. The molecule has 0 aliphatic carbocycles. The van der Waals surface area contributed by atoms with Crippen LogP contribution in [0.25, 0.3) is 10.9 Å². The molecule has 2 aromatic carbocycles. The number of hydrogen-bond donors (Lipinski definition) is 1. The fourth-order valence-corrected chi connectivity index (χ4v) is 3.60. The Morgan fingerprint density at radius 1 is 1.13 bits per heavy atom. The summed E-state index contributed by atoms with van der Waals surface area (Å²) in [5, 5.41) is 0.481. The molecule has 0 saturated heterocycles. The van der Waals surface area contributed by atoms with Crippen LogP contribution in [0.3, 0.4) is 0 Å². The minimum atomic E-state index is -0.253. The molecule has 2 heterocycles. The Labute approximate surface area is 181 Å². The van der Waals surface area contributed by atoms with Gasteiger partial charge in [0.15, 0.2) is 0 Å². The van der Waals surface area contributed by atoms with Crippen molar-refractivity contribution in [3.8, 4) is 11.8 Å². The Kier molecular flexibility index (Phi) is 5.71. The number of nitrogens with zero attached hydrogens (tertiary/aromatic N) is 3. The monoisotopic (exact) mass is 414 g/mol. The Balaban J connectivity index is 1.56. The highest BCUT2D eigenvalue weighted by molar-refractivity contribution is 5.76. The highest BCUT2D eigenvalue weighted by Gasteiger charge is 2.11. The molecule has 4 rings (SSSR count). The second-order valence-electron chi connectivity index (χ2n) is 7.77. The predicted molar refractivity (Wildman–Crippen MR) is 125 cm³/mol. The summed E-state index contributed by atoms with van der Waals surface area (Å²) in [6, 6.07) is 16.3. The molecule has 6 nitrogen and oxygen atoms in total. The van der Waals surface area contributed by atoms with Gasteiger partial charge in [-0.15, -0.1) is 0 Å². The van der Waals surface area contributed by atoms with Gasteiger partial charge in [0, 0.05) is 24.6 Å². The number of pyridine rings is 1. The molecule has 0 aliphatic rings. The Morgan fingerprint density at radius 3 is 2.61 bits per heavy atom. The third-order valence-electron chi connectivity index (χ3n) is 5.69. The SMILES string of the molecule is CC[C@H](C)c1ccc(N(C)c2ccc(Oc3nc4cnccc4c(=O)[nH]3)cc2C)cc1. The van der Waals surface area contributed by atoms with Gasteiger partial charge in [-0.3, -0.25) is 14.8 Å². The van der Waals surface area contributed by atoms with Crippen LogP contribution < -0.4 is 15.2 Å². The lowest BCUT2D eigenvalue weighted by Crippen LogP contribution is -2.11. The summed E-state index contributed by atoms with van der Waals surface area (Å²) >= 11 is 0. The topological polar surface area (TPSA) is 71.1 Å². The van der Waals surface area contributed by atoms with Crippen molar-refractivity contribution < 1.29 is 4.74 Å². The van der Waals surface area contributed by atoms with Gasteiger partial charge >= 0.3 is 6.01 Å². The molecular weight excluding hydrogens is 388 g/mol. The Hall–Kier alpha value is -3.67. The number of ether oxygens (including phenoxy) is 1. The van der Waals surface area contributed by atoms with E-state index in [2.05, 4.69) is 65.0 Å². The highest BCUT2D eigenvalue weighted by Crippen LogP contribution is 2.31. The van der Waals surface area contributed by atoms with Gasteiger partial charge in [-0.1, -0.05) is 26.0 Å². The molecule has 1 N–H and O–H groups in total. The molecule has 158 valence electrons. The number of aromatic amines is 1. The minimum Gasteiger partial charge on any atom is -0.426 e. The number of fused-ring (bicyclic) bond motifs is 1. The van der Waals surface area contributed by atoms with Gasteiger partial charge in [-0.25, -0.2) is 0 Å². The maximum absolute atomic E-state index is 12.2. The zero-order chi connectivity index (χ0) is 22.0. The van der Waals surface area contributed by atoms with Crippen LogP contribution in [0.1, 0.15) is 37.3 Å². The zero-order valence-corrected chi connectivity index (χ0v) is 18.2. The fraction of sp³-hybridized carbons (Fsp3) is 0.240. The van der Waals surface area contributed by atoms with Crippen molar-refractivity contribution in [2.75, 3.05) is 11.9 Å². The van der Waals surface area contributed by atoms with Gasteiger partial charge in [0.1, 0.15) is 5.75 Å². The van der Waals surface area contributed by atoms with Crippen molar-refractivity contribution in [2.24, 2.45) is 0 Å². The maximum Gasteiger partial charge on any atom is 0.302 e. The van der Waals surface area contributed by atoms with Crippen LogP contribution in [0, 0.1) is 6.92 Å². The summed E-state index contributed by atoms with van der Waals surface area (Å²) in [5.41, 5.74) is 4.85. The van der Waals surface area contributed by atoms with E-state index in [1.165, 1.54) is 5.56 Å². The molecule has 2 aromatic heterocycles. The average Bonchev–Trinajstić information content (AvgIpc) is 2.78. The summed E-state index contributed by atoms with van der Waals surface area (Å²) in [7, 11) is 2.05. The summed E-state index contributed by atoms with van der Waals surface area (Å²) in [6.07, 6.45) is 4.24. The van der Waals surface area contributed by atoms with E-state index < -0.39 is 0 Å². The molecule has 0 aliphatic heterocycles. The zero-order valence-electron chi connectivity index (χ0n) is 18.2. The van der Waals surface area contributed by atoms with Gasteiger partial charge in [0.2, 0.25) is 0 Å². The number of aryl methyl sites for hydroxylation is 1. The second-order valence-corrected chi connectivity index (χ2v) is 7.77. The van der Waals surface area contributed by atoms with E-state index in [0.717, 1.165) is 23.4 Å². The third kappa shape index (κ3) is 4.28. The molecule has 0 spiro atoms. The maximum atomic E-state index is 12.2. The first kappa shape index (κ1) is 20.6. The molecule has 0 unspecified atom stereocenters. The lowest BCUT2D eigenvalue weighted by atomic mass is 9.98. The van der Waals surface area contributed by atoms with Crippen molar-refractivity contribution in [3.05, 3.63) is 82.4 Å². The van der Waals surface area contributed by atoms with Crippen LogP contribution in [-0.2, 0) is 0 Å². The molecule has 0 saturated carbocycles. The molecule has 0 radical (unpaired) electrons. The smallest absolute Gasteiger partial charge is 0.302 e. The molecule has 1 atom stereocenters. The van der Waals surface area contributed by atoms with Crippen molar-refractivity contribution >= 4 is 22.3 Å². The number of benzene rings is 2. The van der Waals surface area contributed by atoms with E-state index in [-0.39, 0.29) is 11.6 Å². The number of aromatic nitrogens is 3. The molecule has 31 heavy (non-hydrogen) atoms. The largest absolute Gasteiger partial charge is 0.426 e. The standard InChI is InChI=1S/C25H26N4O2/c1-5-16(2)18-6-8-19(9-7-18)29(4)23-11-10-20(14-17(23)3)31-25-27-22-15-26-13-12-21(22)24(30)28-25/h6-16H,5H2,1-4H3,(H,27,28,30)/t16-/m0/s1. The van der Waals surface area contributed by atoms with Gasteiger partial charge < -0.3 is 9.64 Å². The second kappa shape index (κ2) is 8.60. The first-order chi connectivity index (χ1) is 15.0. The van der Waals surface area contributed by atoms with Gasteiger partial charge in [0.25, 0.3) is 5.56 Å². The van der Waals surface area contributed by atoms with E-state index in [9.17, 15) is 4.79 Å². The Morgan fingerprint density at radius 2 is 1.90 bits per heavy atom. The Bertz CT molecular complexity index is 1260. The van der Waals surface area contributed by atoms with Crippen LogP contribution in [0.4, 0.5) is 11.4 Å². The van der Waals surface area contributed by atoms with Crippen LogP contribution in [0.15, 0.2) is 65.7 Å². The van der Waals surface area contributed by atoms with Gasteiger partial charge in [-0.05, 0) is 66.8 Å². The summed E-state index contributed by atoms with van der Waals surface area (Å²) in [5.74, 6) is 1.16. The van der Waals surface area contributed by atoms with E-state index >= 15 is 0 Å². The number of nitrogens with one attached hydrogen (secondary N) is 1. The molecular formula is C25H26N4O2. The van der Waals surface area contributed by atoms with E-state index in [4.69, 9.17) is 4.74 Å². The lowest BCUT2D eigenvalue weighted by molar-refractivity contribution is 0.442. The number of rotatable bonds is 6. The van der Waals surface area contributed by atoms with Crippen LogP contribution >= 0.6 is 0 Å². The average molecular weight is 415 g/mol. The van der Waals surface area contributed by atoms with E-state index in [0.29, 0.717) is 22.6 Å². The third-order valence-corrected chi connectivity index (χ3v) is 5.69. The van der Waals surface area contributed by atoms with E-state index in [1.54, 1.807) is 18.5 Å². The molecule has 0 fully saturated rings. The predicted octanol–water partition coefficient (Wildman–Crippen LogP) is 5.70. The van der Waals surface area contributed by atoms with Crippen molar-refractivity contribution in [2.45, 2.75) is 33.1 Å². The van der Waals surface area contributed by atoms with Crippen molar-refractivity contribution in [1.82, 2.24) is 15.0 Å². The van der Waals surface area contributed by atoms with Crippen molar-refractivity contribution in [1.29, 1.82) is 0 Å². The minimum absolute atomic E-state index is 0.145. The molecule has 4 aromatic rings. The summed E-state index contributed by atoms with van der Waals surface area (Å²) in [6.45, 7) is 6.49. The van der Waals surface area contributed by atoms with Crippen LogP contribution in [-0.4, -0.2) is 22.0 Å². The van der Waals surface area contributed by atoms with Gasteiger partial charge in [-0.2, -0.15) is 4.98 Å². The van der Waals surface area contributed by atoms with Crippen LogP contribution in [0.2, 0.25) is 0 Å². The molecule has 0 amide bonds. The first-order valence-electron chi connectivity index (χ1n) is 10.4.